The number of amides is 1. The summed E-state index contributed by atoms with van der Waals surface area (Å²) >= 11 is 0. The number of carbonyl (C=O) groups is 2. The number of carbonyl (C=O) groups excluding carboxylic acids is 1. The predicted octanol–water partition coefficient (Wildman–Crippen LogP) is 3.08. The molecule has 8 heteroatoms. The Bertz CT molecular complexity index is 1010. The van der Waals surface area contributed by atoms with Crippen molar-refractivity contribution in [1.82, 2.24) is 9.88 Å². The monoisotopic (exact) mass is 454 g/mol. The number of anilines is 1. The molecule has 1 amide bonds. The van der Waals surface area contributed by atoms with Crippen molar-refractivity contribution in [3.05, 3.63) is 22.4 Å². The standard InChI is InChI=1S/C25H34N4O4/c1-14(2)20-12-28(8-9-29(20)23(30)15(3)24(31)32)22-18(11-26)17-10-25(4,5)33-13-19(17)21(27-22)16-6-7-16/h14-16,20H,6-10,12-13H2,1-5H3,(H,31,32)/t15-,20?/m1/s1. The molecule has 2 atom stereocenters. The lowest BCUT2D eigenvalue weighted by atomic mass is 9.87. The van der Waals surface area contributed by atoms with Crippen molar-refractivity contribution in [3.63, 3.8) is 0 Å². The lowest BCUT2D eigenvalue weighted by Crippen LogP contribution is -2.59. The van der Waals surface area contributed by atoms with E-state index in [0.29, 0.717) is 50.0 Å². The van der Waals surface area contributed by atoms with Crippen LogP contribution in [0.2, 0.25) is 0 Å². The van der Waals surface area contributed by atoms with Crippen LogP contribution in [0.5, 0.6) is 0 Å². The molecule has 1 unspecified atom stereocenters. The zero-order valence-electron chi connectivity index (χ0n) is 20.2. The Kier molecular flexibility index (Phi) is 6.12. The van der Waals surface area contributed by atoms with Crippen molar-refractivity contribution in [3.8, 4) is 6.07 Å². The van der Waals surface area contributed by atoms with Crippen LogP contribution in [0.15, 0.2) is 0 Å². The fraction of sp³-hybridized carbons (Fsp3) is 0.680. The maximum atomic E-state index is 12.9. The normalized spacial score (nSPS) is 23.1. The minimum absolute atomic E-state index is 0.135. The van der Waals surface area contributed by atoms with Crippen molar-refractivity contribution in [2.75, 3.05) is 24.5 Å². The van der Waals surface area contributed by atoms with Crippen LogP contribution in [0.3, 0.4) is 0 Å². The van der Waals surface area contributed by atoms with Gasteiger partial charge >= 0.3 is 5.97 Å². The summed E-state index contributed by atoms with van der Waals surface area (Å²) in [6.07, 6.45) is 2.89. The number of carboxylic acids is 1. The molecule has 1 saturated heterocycles. The smallest absolute Gasteiger partial charge is 0.315 e. The van der Waals surface area contributed by atoms with Gasteiger partial charge in [0.05, 0.1) is 29.5 Å². The van der Waals surface area contributed by atoms with Crippen molar-refractivity contribution in [2.24, 2.45) is 11.8 Å². The average Bonchev–Trinajstić information content (AvgIpc) is 3.61. The quantitative estimate of drug-likeness (QED) is 0.681. The van der Waals surface area contributed by atoms with E-state index in [1.54, 1.807) is 4.90 Å². The number of rotatable bonds is 5. The Morgan fingerprint density at radius 2 is 1.91 bits per heavy atom. The zero-order chi connectivity index (χ0) is 24.1. The second-order valence-corrected chi connectivity index (χ2v) is 10.6. The van der Waals surface area contributed by atoms with E-state index in [1.807, 2.05) is 13.8 Å². The number of nitrogens with zero attached hydrogens (tertiary/aromatic N) is 4. The Hall–Kier alpha value is -2.66. The first-order valence-electron chi connectivity index (χ1n) is 11.9. The molecule has 2 aliphatic heterocycles. The Balaban J connectivity index is 1.71. The number of aromatic nitrogens is 1. The summed E-state index contributed by atoms with van der Waals surface area (Å²) in [5.41, 5.74) is 3.48. The zero-order valence-corrected chi connectivity index (χ0v) is 20.2. The third-order valence-corrected chi connectivity index (χ3v) is 7.22. The van der Waals surface area contributed by atoms with Crippen LogP contribution in [-0.2, 0) is 27.4 Å². The highest BCUT2D eigenvalue weighted by Crippen LogP contribution is 2.46. The van der Waals surface area contributed by atoms with Gasteiger partial charge in [-0.2, -0.15) is 5.26 Å². The molecule has 1 aliphatic carbocycles. The highest BCUT2D eigenvalue weighted by Gasteiger charge is 2.40. The van der Waals surface area contributed by atoms with Crippen LogP contribution in [0.25, 0.3) is 0 Å². The third kappa shape index (κ3) is 4.43. The fourth-order valence-electron chi connectivity index (χ4n) is 5.02. The van der Waals surface area contributed by atoms with Crippen LogP contribution < -0.4 is 4.90 Å². The second kappa shape index (κ2) is 8.60. The molecule has 33 heavy (non-hydrogen) atoms. The summed E-state index contributed by atoms with van der Waals surface area (Å²) in [5, 5.41) is 19.5. The average molecular weight is 455 g/mol. The molecule has 1 aromatic heterocycles. The number of carboxylic acid groups (broad SMARTS) is 1. The van der Waals surface area contributed by atoms with Gasteiger partial charge in [0.1, 0.15) is 17.8 Å². The van der Waals surface area contributed by atoms with Gasteiger partial charge in [-0.3, -0.25) is 9.59 Å². The number of pyridine rings is 1. The van der Waals surface area contributed by atoms with Gasteiger partial charge in [-0.05, 0) is 45.1 Å². The van der Waals surface area contributed by atoms with Gasteiger partial charge in [0.15, 0.2) is 0 Å². The van der Waals surface area contributed by atoms with E-state index in [0.717, 1.165) is 29.7 Å². The van der Waals surface area contributed by atoms with E-state index < -0.39 is 11.9 Å². The molecule has 8 nitrogen and oxygen atoms in total. The molecule has 0 aromatic carbocycles. The van der Waals surface area contributed by atoms with E-state index in [-0.39, 0.29) is 23.5 Å². The predicted molar refractivity (Wildman–Crippen MR) is 123 cm³/mol. The topological polar surface area (TPSA) is 107 Å². The maximum Gasteiger partial charge on any atom is 0.315 e. The molecule has 178 valence electrons. The summed E-state index contributed by atoms with van der Waals surface area (Å²) in [7, 11) is 0. The Morgan fingerprint density at radius 3 is 2.48 bits per heavy atom. The summed E-state index contributed by atoms with van der Waals surface area (Å²) in [4.78, 5) is 33.2. The Morgan fingerprint density at radius 1 is 1.21 bits per heavy atom. The minimum atomic E-state index is -1.10. The molecule has 0 bridgehead atoms. The SMILES string of the molecule is CC(C)C1CN(c2nc(C3CC3)c3c(c2C#N)CC(C)(C)OC3)CCN1C(=O)[C@@H](C)C(=O)O. The van der Waals surface area contributed by atoms with E-state index in [9.17, 15) is 20.0 Å². The molecule has 1 aromatic rings. The molecule has 0 radical (unpaired) electrons. The lowest BCUT2D eigenvalue weighted by Gasteiger charge is -2.45. The second-order valence-electron chi connectivity index (χ2n) is 10.6. The van der Waals surface area contributed by atoms with Crippen molar-refractivity contribution in [2.45, 2.75) is 78.0 Å². The largest absolute Gasteiger partial charge is 0.481 e. The first-order chi connectivity index (χ1) is 15.5. The van der Waals surface area contributed by atoms with Gasteiger partial charge in [-0.15, -0.1) is 0 Å². The van der Waals surface area contributed by atoms with Crippen molar-refractivity contribution in [1.29, 1.82) is 5.26 Å². The van der Waals surface area contributed by atoms with Gasteiger partial charge in [0, 0.05) is 37.5 Å². The van der Waals surface area contributed by atoms with Crippen LogP contribution in [0.4, 0.5) is 5.82 Å². The fourth-order valence-corrected chi connectivity index (χ4v) is 5.02. The molecule has 0 spiro atoms. The highest BCUT2D eigenvalue weighted by molar-refractivity contribution is 5.96. The van der Waals surface area contributed by atoms with E-state index in [4.69, 9.17) is 9.72 Å². The van der Waals surface area contributed by atoms with Crippen LogP contribution >= 0.6 is 0 Å². The lowest BCUT2D eigenvalue weighted by molar-refractivity contribution is -0.152. The molecule has 1 saturated carbocycles. The summed E-state index contributed by atoms with van der Waals surface area (Å²) < 4.78 is 6.07. The van der Waals surface area contributed by atoms with E-state index in [1.165, 1.54) is 6.92 Å². The highest BCUT2D eigenvalue weighted by atomic mass is 16.5. The Labute approximate surface area is 195 Å². The summed E-state index contributed by atoms with van der Waals surface area (Å²) in [6.45, 7) is 11.6. The first-order valence-corrected chi connectivity index (χ1v) is 11.9. The number of ether oxygens (including phenoxy) is 1. The first kappa shape index (κ1) is 23.5. The van der Waals surface area contributed by atoms with Gasteiger partial charge in [-0.25, -0.2) is 4.98 Å². The number of aliphatic carboxylic acids is 1. The van der Waals surface area contributed by atoms with Gasteiger partial charge in [0.25, 0.3) is 0 Å². The van der Waals surface area contributed by atoms with Gasteiger partial charge in [0.2, 0.25) is 5.91 Å². The number of hydrogen-bond donors (Lipinski definition) is 1. The van der Waals surface area contributed by atoms with Crippen molar-refractivity contribution >= 4 is 17.7 Å². The molecule has 3 aliphatic rings. The molecule has 3 heterocycles. The van der Waals surface area contributed by atoms with Crippen LogP contribution in [-0.4, -0.2) is 58.1 Å². The molecular formula is C25H34N4O4. The molecule has 4 rings (SSSR count). The molecular weight excluding hydrogens is 420 g/mol. The van der Waals surface area contributed by atoms with Crippen LogP contribution in [0, 0.1) is 23.2 Å². The number of nitriles is 1. The molecule has 2 fully saturated rings. The third-order valence-electron chi connectivity index (χ3n) is 7.22. The number of piperazine rings is 1. The summed E-state index contributed by atoms with van der Waals surface area (Å²) in [5.74, 6) is -1.26. The number of hydrogen-bond acceptors (Lipinski definition) is 6. The van der Waals surface area contributed by atoms with Crippen LogP contribution in [0.1, 0.15) is 75.8 Å². The van der Waals surface area contributed by atoms with Gasteiger partial charge in [-0.1, -0.05) is 13.8 Å². The van der Waals surface area contributed by atoms with Crippen molar-refractivity contribution < 1.29 is 19.4 Å². The number of fused-ring (bicyclic) bond motifs is 1. The minimum Gasteiger partial charge on any atom is -0.481 e. The van der Waals surface area contributed by atoms with E-state index >= 15 is 0 Å². The molecule has 1 N–H and O–H groups in total. The van der Waals surface area contributed by atoms with Gasteiger partial charge < -0.3 is 19.6 Å². The maximum absolute atomic E-state index is 12.9. The van der Waals surface area contributed by atoms with E-state index in [2.05, 4.69) is 24.8 Å². The summed E-state index contributed by atoms with van der Waals surface area (Å²) in [6, 6.07) is 2.29.